The molecule has 0 fully saturated rings. The van der Waals surface area contributed by atoms with Crippen molar-refractivity contribution in [1.29, 1.82) is 0 Å². The van der Waals surface area contributed by atoms with E-state index >= 15 is 0 Å². The average Bonchev–Trinajstić information content (AvgIpc) is 2.40. The van der Waals surface area contributed by atoms with Gasteiger partial charge in [-0.2, -0.15) is 0 Å². The molecular weight excluding hydrogens is 346 g/mol. The number of aromatic nitrogens is 2. The summed E-state index contributed by atoms with van der Waals surface area (Å²) in [7, 11) is 0. The number of hydrogen-bond donors (Lipinski definition) is 2. The van der Waals surface area contributed by atoms with Crippen molar-refractivity contribution in [3.63, 3.8) is 0 Å². The fourth-order valence-electron chi connectivity index (χ4n) is 1.31. The predicted molar refractivity (Wildman–Crippen MR) is 81.2 cm³/mol. The summed E-state index contributed by atoms with van der Waals surface area (Å²) in [6, 6.07) is 2.46. The fraction of sp³-hybridized carbons (Fsp3) is 0. The number of anilines is 2. The number of carbonyl (C=O) groups excluding carboxylic acids is 1. The Labute approximate surface area is 134 Å². The lowest BCUT2D eigenvalue weighted by Crippen LogP contribution is -2.20. The van der Waals surface area contributed by atoms with E-state index in [1.54, 1.807) is 0 Å². The molecule has 104 valence electrons. The van der Waals surface area contributed by atoms with Gasteiger partial charge in [-0.05, 0) is 12.1 Å². The van der Waals surface area contributed by atoms with Crippen LogP contribution in [0.4, 0.5) is 16.2 Å². The third-order valence-electron chi connectivity index (χ3n) is 2.19. The van der Waals surface area contributed by atoms with Gasteiger partial charge in [0.15, 0.2) is 0 Å². The number of nitrogens with one attached hydrogen (secondary N) is 2. The van der Waals surface area contributed by atoms with E-state index in [0.29, 0.717) is 11.4 Å². The second kappa shape index (κ2) is 6.45. The second-order valence-corrected chi connectivity index (χ2v) is 4.98. The van der Waals surface area contributed by atoms with Crippen LogP contribution < -0.4 is 10.6 Å². The van der Waals surface area contributed by atoms with E-state index < -0.39 is 6.03 Å². The summed E-state index contributed by atoms with van der Waals surface area (Å²) in [6.45, 7) is 0. The summed E-state index contributed by atoms with van der Waals surface area (Å²) in [5.74, 6) is 0. The molecule has 0 bridgehead atoms. The van der Waals surface area contributed by atoms with Gasteiger partial charge in [0.1, 0.15) is 20.4 Å². The largest absolute Gasteiger partial charge is 0.323 e. The molecule has 2 heterocycles. The van der Waals surface area contributed by atoms with E-state index in [4.69, 9.17) is 46.4 Å². The van der Waals surface area contributed by atoms with Crippen LogP contribution in [0.3, 0.4) is 0 Å². The van der Waals surface area contributed by atoms with E-state index in [2.05, 4.69) is 20.6 Å². The molecule has 2 rings (SSSR count). The third-order valence-corrected chi connectivity index (χ3v) is 3.72. The number of nitrogens with zero attached hydrogens (tertiary/aromatic N) is 2. The first-order valence-electron chi connectivity index (χ1n) is 5.17. The summed E-state index contributed by atoms with van der Waals surface area (Å²) in [6.07, 6.45) is 2.83. The highest BCUT2D eigenvalue weighted by molar-refractivity contribution is 6.44. The maximum Gasteiger partial charge on any atom is 0.323 e. The number of amides is 2. The van der Waals surface area contributed by atoms with Gasteiger partial charge in [0.25, 0.3) is 0 Å². The predicted octanol–water partition coefficient (Wildman–Crippen LogP) is 4.73. The van der Waals surface area contributed by atoms with Crippen LogP contribution >= 0.6 is 46.4 Å². The number of hydrogen-bond acceptors (Lipinski definition) is 3. The lowest BCUT2D eigenvalue weighted by atomic mass is 10.4. The lowest BCUT2D eigenvalue weighted by molar-refractivity contribution is 0.262. The summed E-state index contributed by atoms with van der Waals surface area (Å²) < 4.78 is 0. The first kappa shape index (κ1) is 15.1. The number of pyridine rings is 2. The number of halogens is 4. The Morgan fingerprint density at radius 2 is 1.25 bits per heavy atom. The Bertz CT molecular complexity index is 609. The topological polar surface area (TPSA) is 66.9 Å². The second-order valence-electron chi connectivity index (χ2n) is 3.51. The molecule has 0 aliphatic carbocycles. The Morgan fingerprint density at radius 1 is 0.850 bits per heavy atom. The van der Waals surface area contributed by atoms with Crippen LogP contribution in [0, 0.1) is 0 Å². The van der Waals surface area contributed by atoms with Crippen molar-refractivity contribution in [2.24, 2.45) is 0 Å². The summed E-state index contributed by atoms with van der Waals surface area (Å²) in [5, 5.41) is 5.50. The summed E-state index contributed by atoms with van der Waals surface area (Å²) in [4.78, 5) is 19.4. The van der Waals surface area contributed by atoms with Crippen LogP contribution in [-0.2, 0) is 0 Å². The fourth-order valence-corrected chi connectivity index (χ4v) is 1.94. The molecule has 0 aliphatic heterocycles. The molecule has 0 atom stereocenters. The highest BCUT2D eigenvalue weighted by Gasteiger charge is 2.12. The minimum atomic E-state index is -0.557. The molecule has 5 nitrogen and oxygen atoms in total. The summed E-state index contributed by atoms with van der Waals surface area (Å²) >= 11 is 23.3. The molecule has 0 saturated carbocycles. The highest BCUT2D eigenvalue weighted by Crippen LogP contribution is 2.29. The lowest BCUT2D eigenvalue weighted by Gasteiger charge is -2.10. The van der Waals surface area contributed by atoms with Gasteiger partial charge in [0, 0.05) is 12.4 Å². The maximum absolute atomic E-state index is 11.8. The summed E-state index contributed by atoms with van der Waals surface area (Å²) in [5.41, 5.74) is 0.640. The average molecular weight is 352 g/mol. The number of urea groups is 1. The Kier molecular flexibility index (Phi) is 4.88. The molecule has 2 aromatic rings. The Morgan fingerprint density at radius 3 is 1.65 bits per heavy atom. The van der Waals surface area contributed by atoms with Crippen LogP contribution in [0.2, 0.25) is 20.4 Å². The van der Waals surface area contributed by atoms with E-state index in [-0.39, 0.29) is 20.4 Å². The monoisotopic (exact) mass is 350 g/mol. The van der Waals surface area contributed by atoms with Crippen molar-refractivity contribution in [2.45, 2.75) is 0 Å². The van der Waals surface area contributed by atoms with E-state index in [1.165, 1.54) is 24.5 Å². The van der Waals surface area contributed by atoms with Crippen molar-refractivity contribution in [3.05, 3.63) is 44.9 Å². The number of carbonyl (C=O) groups is 1. The van der Waals surface area contributed by atoms with Crippen LogP contribution in [0.5, 0.6) is 0 Å². The van der Waals surface area contributed by atoms with Gasteiger partial charge >= 0.3 is 6.03 Å². The molecule has 0 saturated heterocycles. The Hall–Kier alpha value is -1.27. The molecule has 0 spiro atoms. The molecule has 0 unspecified atom stereocenters. The molecule has 2 aromatic heterocycles. The molecule has 9 heteroatoms. The van der Waals surface area contributed by atoms with Gasteiger partial charge in [-0.1, -0.05) is 46.4 Å². The van der Waals surface area contributed by atoms with Gasteiger partial charge in [-0.15, -0.1) is 0 Å². The van der Waals surface area contributed by atoms with Crippen molar-refractivity contribution in [1.82, 2.24) is 9.97 Å². The van der Waals surface area contributed by atoms with Gasteiger partial charge in [-0.25, -0.2) is 14.8 Å². The third kappa shape index (κ3) is 3.43. The zero-order valence-corrected chi connectivity index (χ0v) is 12.6. The Balaban J connectivity index is 2.13. The smallest absolute Gasteiger partial charge is 0.306 e. The van der Waals surface area contributed by atoms with E-state index in [1.807, 2.05) is 0 Å². The van der Waals surface area contributed by atoms with Crippen molar-refractivity contribution in [3.8, 4) is 0 Å². The zero-order chi connectivity index (χ0) is 14.7. The molecule has 0 aromatic carbocycles. The maximum atomic E-state index is 11.8. The first-order chi connectivity index (χ1) is 9.49. The molecule has 2 amide bonds. The van der Waals surface area contributed by atoms with Crippen LogP contribution in [0.1, 0.15) is 0 Å². The van der Waals surface area contributed by atoms with E-state index in [9.17, 15) is 4.79 Å². The highest BCUT2D eigenvalue weighted by atomic mass is 35.5. The molecule has 2 N–H and O–H groups in total. The standard InChI is InChI=1S/C11H6Cl4N4O/c12-7-5(1-3-16-9(7)14)18-11(20)19-6-2-4-17-10(15)8(6)13/h1-4H,(H2,16,17,18,19,20). The molecular formula is C11H6Cl4N4O. The van der Waals surface area contributed by atoms with Gasteiger partial charge in [-0.3, -0.25) is 0 Å². The molecule has 20 heavy (non-hydrogen) atoms. The minimum Gasteiger partial charge on any atom is -0.306 e. The van der Waals surface area contributed by atoms with Crippen molar-refractivity contribution in [2.75, 3.05) is 10.6 Å². The quantitative estimate of drug-likeness (QED) is 0.768. The van der Waals surface area contributed by atoms with Crippen LogP contribution in [0.25, 0.3) is 0 Å². The van der Waals surface area contributed by atoms with Gasteiger partial charge < -0.3 is 10.6 Å². The van der Waals surface area contributed by atoms with Crippen LogP contribution in [-0.4, -0.2) is 16.0 Å². The number of rotatable bonds is 2. The van der Waals surface area contributed by atoms with Gasteiger partial charge in [0.2, 0.25) is 0 Å². The van der Waals surface area contributed by atoms with Crippen molar-refractivity contribution >= 4 is 63.8 Å². The molecule has 0 radical (unpaired) electrons. The van der Waals surface area contributed by atoms with E-state index in [0.717, 1.165) is 0 Å². The first-order valence-corrected chi connectivity index (χ1v) is 6.68. The minimum absolute atomic E-state index is 0.0921. The zero-order valence-electron chi connectivity index (χ0n) is 9.62. The normalized spacial score (nSPS) is 10.2. The van der Waals surface area contributed by atoms with Crippen molar-refractivity contribution < 1.29 is 4.79 Å². The SMILES string of the molecule is O=C(Nc1ccnc(Cl)c1Cl)Nc1ccnc(Cl)c1Cl. The van der Waals surface area contributed by atoms with Crippen LogP contribution in [0.15, 0.2) is 24.5 Å². The molecule has 0 aliphatic rings. The van der Waals surface area contributed by atoms with Gasteiger partial charge in [0.05, 0.1) is 11.4 Å².